The fraction of sp³-hybridized carbons (Fsp3) is 0.429. The van der Waals surface area contributed by atoms with Crippen molar-refractivity contribution >= 4 is 27.8 Å². The van der Waals surface area contributed by atoms with Gasteiger partial charge in [-0.2, -0.15) is 0 Å². The van der Waals surface area contributed by atoms with Crippen LogP contribution in [0.2, 0.25) is 0 Å². The lowest BCUT2D eigenvalue weighted by Gasteiger charge is -2.31. The first-order valence-corrected chi connectivity index (χ1v) is 7.07. The molecule has 1 unspecified atom stereocenters. The van der Waals surface area contributed by atoms with Gasteiger partial charge in [0.05, 0.1) is 11.5 Å². The van der Waals surface area contributed by atoms with Crippen molar-refractivity contribution in [3.63, 3.8) is 0 Å². The molecule has 4 nitrogen and oxygen atoms in total. The summed E-state index contributed by atoms with van der Waals surface area (Å²) in [7, 11) is 0. The number of hydrogen-bond donors (Lipinski definition) is 1. The molecule has 5 heteroatoms. The topological polar surface area (TPSA) is 57.6 Å². The Balaban J connectivity index is 2.19. The van der Waals surface area contributed by atoms with E-state index in [2.05, 4.69) is 15.9 Å². The van der Waals surface area contributed by atoms with Crippen LogP contribution >= 0.6 is 15.9 Å². The van der Waals surface area contributed by atoms with Crippen molar-refractivity contribution in [2.45, 2.75) is 19.8 Å². The molecule has 1 saturated heterocycles. The lowest BCUT2D eigenvalue weighted by molar-refractivity contribution is -0.143. The fourth-order valence-electron chi connectivity index (χ4n) is 2.35. The van der Waals surface area contributed by atoms with Crippen molar-refractivity contribution in [1.29, 1.82) is 0 Å². The van der Waals surface area contributed by atoms with Crippen LogP contribution in [0.5, 0.6) is 0 Å². The highest BCUT2D eigenvalue weighted by atomic mass is 79.9. The number of nitrogens with zero attached hydrogens (tertiary/aromatic N) is 1. The van der Waals surface area contributed by atoms with E-state index in [4.69, 9.17) is 5.11 Å². The highest BCUT2D eigenvalue weighted by Gasteiger charge is 2.29. The lowest BCUT2D eigenvalue weighted by Crippen LogP contribution is -2.42. The third kappa shape index (κ3) is 2.97. The molecule has 2 rings (SSSR count). The molecule has 1 aromatic rings. The van der Waals surface area contributed by atoms with Gasteiger partial charge in [-0.1, -0.05) is 12.1 Å². The molecule has 0 aliphatic carbocycles. The van der Waals surface area contributed by atoms with Crippen LogP contribution in [-0.2, 0) is 4.79 Å². The van der Waals surface area contributed by atoms with Crippen LogP contribution in [0.3, 0.4) is 0 Å². The number of carboxylic acid groups (broad SMARTS) is 1. The number of halogens is 1. The number of amides is 1. The van der Waals surface area contributed by atoms with Crippen molar-refractivity contribution in [2.24, 2.45) is 5.92 Å². The summed E-state index contributed by atoms with van der Waals surface area (Å²) in [5.41, 5.74) is 1.60. The first-order valence-electron chi connectivity index (χ1n) is 6.28. The summed E-state index contributed by atoms with van der Waals surface area (Å²) in [6, 6.07) is 5.53. The first kappa shape index (κ1) is 14.1. The number of benzene rings is 1. The summed E-state index contributed by atoms with van der Waals surface area (Å²) in [6.07, 6.45) is 1.39. The summed E-state index contributed by atoms with van der Waals surface area (Å²) in [5, 5.41) is 9.06. The Hall–Kier alpha value is -1.36. The zero-order chi connectivity index (χ0) is 14.0. The van der Waals surface area contributed by atoms with Crippen LogP contribution in [-0.4, -0.2) is 35.0 Å². The van der Waals surface area contributed by atoms with Crippen LogP contribution in [0, 0.1) is 12.8 Å². The molecule has 0 spiro atoms. The molecule has 1 heterocycles. The Morgan fingerprint density at radius 1 is 1.42 bits per heavy atom. The van der Waals surface area contributed by atoms with Crippen molar-refractivity contribution in [2.75, 3.05) is 13.1 Å². The predicted molar refractivity (Wildman–Crippen MR) is 75.1 cm³/mol. The molecule has 1 N–H and O–H groups in total. The van der Waals surface area contributed by atoms with E-state index in [0.717, 1.165) is 16.5 Å². The Morgan fingerprint density at radius 2 is 2.16 bits per heavy atom. The van der Waals surface area contributed by atoms with Gasteiger partial charge in [-0.3, -0.25) is 9.59 Å². The quantitative estimate of drug-likeness (QED) is 0.909. The summed E-state index contributed by atoms with van der Waals surface area (Å²) in [6.45, 7) is 2.86. The van der Waals surface area contributed by atoms with Gasteiger partial charge in [0, 0.05) is 17.6 Å². The van der Waals surface area contributed by atoms with E-state index in [-0.39, 0.29) is 5.91 Å². The smallest absolute Gasteiger partial charge is 0.308 e. The molecular formula is C14H16BrNO3. The second-order valence-corrected chi connectivity index (χ2v) is 5.66. The molecule has 0 saturated carbocycles. The molecule has 102 valence electrons. The van der Waals surface area contributed by atoms with Crippen LogP contribution in [0.15, 0.2) is 22.7 Å². The summed E-state index contributed by atoms with van der Waals surface area (Å²) >= 11 is 3.43. The number of likely N-dealkylation sites (tertiary alicyclic amines) is 1. The average Bonchev–Trinajstić information content (AvgIpc) is 2.41. The monoisotopic (exact) mass is 325 g/mol. The van der Waals surface area contributed by atoms with Gasteiger partial charge in [-0.15, -0.1) is 0 Å². The molecule has 1 aliphatic heterocycles. The third-order valence-electron chi connectivity index (χ3n) is 3.48. The average molecular weight is 326 g/mol. The van der Waals surface area contributed by atoms with E-state index < -0.39 is 11.9 Å². The number of carbonyl (C=O) groups is 2. The van der Waals surface area contributed by atoms with Crippen LogP contribution in [0.1, 0.15) is 28.8 Å². The number of aryl methyl sites for hydroxylation is 1. The first-order chi connectivity index (χ1) is 9.00. The molecule has 1 fully saturated rings. The predicted octanol–water partition coefficient (Wildman–Crippen LogP) is 2.69. The van der Waals surface area contributed by atoms with E-state index in [9.17, 15) is 9.59 Å². The summed E-state index contributed by atoms with van der Waals surface area (Å²) in [4.78, 5) is 25.1. The van der Waals surface area contributed by atoms with E-state index in [1.807, 2.05) is 19.1 Å². The molecule has 0 bridgehead atoms. The van der Waals surface area contributed by atoms with E-state index in [1.54, 1.807) is 11.0 Å². The largest absolute Gasteiger partial charge is 0.481 e. The summed E-state index contributed by atoms with van der Waals surface area (Å²) < 4.78 is 0.789. The number of rotatable bonds is 2. The van der Waals surface area contributed by atoms with E-state index in [1.165, 1.54) is 0 Å². The number of carboxylic acids is 1. The standard InChI is InChI=1S/C14H16BrNO3/c1-9-4-2-6-11(12(9)15)13(17)16-7-3-5-10(8-16)14(18)19/h2,4,6,10H,3,5,7-8H2,1H3,(H,18,19). The van der Waals surface area contributed by atoms with Gasteiger partial charge < -0.3 is 10.0 Å². The minimum Gasteiger partial charge on any atom is -0.481 e. The normalized spacial score (nSPS) is 19.3. The number of carbonyl (C=O) groups excluding carboxylic acids is 1. The summed E-state index contributed by atoms with van der Waals surface area (Å²) in [5.74, 6) is -1.36. The zero-order valence-electron chi connectivity index (χ0n) is 10.7. The number of aliphatic carboxylic acids is 1. The molecule has 1 aromatic carbocycles. The van der Waals surface area contributed by atoms with Crippen molar-refractivity contribution < 1.29 is 14.7 Å². The van der Waals surface area contributed by atoms with Gasteiger partial charge >= 0.3 is 5.97 Å². The Morgan fingerprint density at radius 3 is 2.84 bits per heavy atom. The van der Waals surface area contributed by atoms with Gasteiger partial charge in [0.15, 0.2) is 0 Å². The zero-order valence-corrected chi connectivity index (χ0v) is 12.3. The van der Waals surface area contributed by atoms with Crippen LogP contribution < -0.4 is 0 Å². The molecule has 0 radical (unpaired) electrons. The van der Waals surface area contributed by atoms with Gasteiger partial charge in [0.1, 0.15) is 0 Å². The molecule has 1 atom stereocenters. The van der Waals surface area contributed by atoms with Crippen LogP contribution in [0.4, 0.5) is 0 Å². The Labute approximate surface area is 120 Å². The Kier molecular flexibility index (Phi) is 4.24. The highest BCUT2D eigenvalue weighted by Crippen LogP contribution is 2.25. The molecular weight excluding hydrogens is 310 g/mol. The number of hydrogen-bond acceptors (Lipinski definition) is 2. The maximum atomic E-state index is 12.4. The van der Waals surface area contributed by atoms with Gasteiger partial charge in [-0.05, 0) is 47.3 Å². The van der Waals surface area contributed by atoms with Crippen LogP contribution in [0.25, 0.3) is 0 Å². The van der Waals surface area contributed by atoms with Crippen molar-refractivity contribution in [3.8, 4) is 0 Å². The third-order valence-corrected chi connectivity index (χ3v) is 4.53. The fourth-order valence-corrected chi connectivity index (χ4v) is 2.78. The second-order valence-electron chi connectivity index (χ2n) is 4.87. The minimum absolute atomic E-state index is 0.0958. The van der Waals surface area contributed by atoms with E-state index in [0.29, 0.717) is 25.1 Å². The van der Waals surface area contributed by atoms with E-state index >= 15 is 0 Å². The van der Waals surface area contributed by atoms with Gasteiger partial charge in [-0.25, -0.2) is 0 Å². The van der Waals surface area contributed by atoms with Crippen molar-refractivity contribution in [1.82, 2.24) is 4.90 Å². The van der Waals surface area contributed by atoms with Gasteiger partial charge in [0.2, 0.25) is 0 Å². The maximum Gasteiger partial charge on any atom is 0.308 e. The van der Waals surface area contributed by atoms with Gasteiger partial charge in [0.25, 0.3) is 5.91 Å². The molecule has 0 aromatic heterocycles. The maximum absolute atomic E-state index is 12.4. The molecule has 19 heavy (non-hydrogen) atoms. The molecule has 1 amide bonds. The minimum atomic E-state index is -0.819. The Bertz CT molecular complexity index is 515. The number of piperidine rings is 1. The highest BCUT2D eigenvalue weighted by molar-refractivity contribution is 9.10. The van der Waals surface area contributed by atoms with Crippen molar-refractivity contribution in [3.05, 3.63) is 33.8 Å². The lowest BCUT2D eigenvalue weighted by atomic mass is 9.97. The SMILES string of the molecule is Cc1cccc(C(=O)N2CCCC(C(=O)O)C2)c1Br. The second kappa shape index (κ2) is 5.74. The molecule has 1 aliphatic rings.